The molecule has 2 aromatic carbocycles. The van der Waals surface area contributed by atoms with Crippen molar-refractivity contribution < 1.29 is 17.7 Å². The summed E-state index contributed by atoms with van der Waals surface area (Å²) in [5, 5.41) is 7.06. The van der Waals surface area contributed by atoms with Crippen molar-refractivity contribution in [1.29, 1.82) is 0 Å². The highest BCUT2D eigenvalue weighted by atomic mass is 35.5. The Morgan fingerprint density at radius 2 is 1.87 bits per heavy atom. The molecule has 0 spiro atoms. The van der Waals surface area contributed by atoms with Crippen molar-refractivity contribution in [3.63, 3.8) is 0 Å². The lowest BCUT2D eigenvalue weighted by Crippen LogP contribution is -2.42. The highest BCUT2D eigenvalue weighted by molar-refractivity contribution is 7.92. The number of aryl methyl sites for hydroxylation is 1. The van der Waals surface area contributed by atoms with Crippen molar-refractivity contribution in [2.24, 2.45) is 0 Å². The van der Waals surface area contributed by atoms with Gasteiger partial charge in [0.05, 0.1) is 16.1 Å². The van der Waals surface area contributed by atoms with Crippen LogP contribution in [0.15, 0.2) is 57.9 Å². The number of amides is 1. The molecule has 1 aromatic heterocycles. The smallest absolute Gasteiger partial charge is 0.264 e. The SMILES string of the molecule is Cc1nc(C(C)(C)NC(=O)c2cccc(S(=O)(=O)N(C)c3cccc(Cl)c3)c2)no1. The summed E-state index contributed by atoms with van der Waals surface area (Å²) < 4.78 is 32.2. The topological polar surface area (TPSA) is 105 Å². The monoisotopic (exact) mass is 448 g/mol. The molecule has 0 radical (unpaired) electrons. The molecule has 1 N–H and O–H groups in total. The lowest BCUT2D eigenvalue weighted by molar-refractivity contribution is 0.0907. The molecule has 0 fully saturated rings. The van der Waals surface area contributed by atoms with E-state index in [1.165, 1.54) is 31.3 Å². The number of nitrogens with zero attached hydrogens (tertiary/aromatic N) is 3. The first-order valence-corrected chi connectivity index (χ1v) is 10.8. The number of benzene rings is 2. The number of aromatic nitrogens is 2. The highest BCUT2D eigenvalue weighted by Crippen LogP contribution is 2.25. The Morgan fingerprint density at radius 1 is 1.17 bits per heavy atom. The summed E-state index contributed by atoms with van der Waals surface area (Å²) in [5.41, 5.74) is -0.323. The van der Waals surface area contributed by atoms with Crippen molar-refractivity contribution in [2.45, 2.75) is 31.2 Å². The average Bonchev–Trinajstić information content (AvgIpc) is 3.14. The fraction of sp³-hybridized carbons (Fsp3) is 0.250. The first-order valence-electron chi connectivity index (χ1n) is 8.98. The van der Waals surface area contributed by atoms with E-state index in [0.29, 0.717) is 22.4 Å². The third kappa shape index (κ3) is 4.47. The lowest BCUT2D eigenvalue weighted by atomic mass is 10.0. The normalized spacial score (nSPS) is 11.9. The van der Waals surface area contributed by atoms with Crippen LogP contribution in [0.25, 0.3) is 0 Å². The van der Waals surface area contributed by atoms with Gasteiger partial charge in [-0.3, -0.25) is 9.10 Å². The number of sulfonamides is 1. The van der Waals surface area contributed by atoms with Crippen molar-refractivity contribution >= 4 is 33.2 Å². The Kier molecular flexibility index (Phi) is 5.87. The van der Waals surface area contributed by atoms with Crippen LogP contribution >= 0.6 is 11.6 Å². The number of nitrogens with one attached hydrogen (secondary N) is 1. The molecule has 0 aliphatic carbocycles. The van der Waals surface area contributed by atoms with E-state index in [-0.39, 0.29) is 10.5 Å². The second-order valence-corrected chi connectivity index (χ2v) is 9.60. The van der Waals surface area contributed by atoms with E-state index in [1.807, 2.05) is 0 Å². The number of anilines is 1. The summed E-state index contributed by atoms with van der Waals surface area (Å²) in [6, 6.07) is 12.3. The van der Waals surface area contributed by atoms with Gasteiger partial charge in [0.1, 0.15) is 0 Å². The van der Waals surface area contributed by atoms with Crippen LogP contribution in [0.4, 0.5) is 5.69 Å². The maximum absolute atomic E-state index is 13.0. The van der Waals surface area contributed by atoms with Crippen LogP contribution < -0.4 is 9.62 Å². The van der Waals surface area contributed by atoms with Crippen molar-refractivity contribution in [1.82, 2.24) is 15.5 Å². The second kappa shape index (κ2) is 8.08. The third-order valence-electron chi connectivity index (χ3n) is 4.44. The van der Waals surface area contributed by atoms with Gasteiger partial charge in [0.25, 0.3) is 15.9 Å². The Morgan fingerprint density at radius 3 is 2.50 bits per heavy atom. The van der Waals surface area contributed by atoms with Gasteiger partial charge in [-0.2, -0.15) is 4.98 Å². The Hall–Kier alpha value is -2.91. The molecule has 0 unspecified atom stereocenters. The van der Waals surface area contributed by atoms with Gasteiger partial charge in [-0.05, 0) is 50.2 Å². The van der Waals surface area contributed by atoms with Crippen LogP contribution in [0.1, 0.15) is 35.9 Å². The van der Waals surface area contributed by atoms with E-state index >= 15 is 0 Å². The van der Waals surface area contributed by atoms with Crippen LogP contribution in [0, 0.1) is 6.92 Å². The molecule has 10 heteroatoms. The number of carbonyl (C=O) groups excluding carboxylic acids is 1. The van der Waals surface area contributed by atoms with Gasteiger partial charge in [-0.15, -0.1) is 0 Å². The zero-order chi connectivity index (χ0) is 22.1. The Bertz CT molecular complexity index is 1190. The fourth-order valence-electron chi connectivity index (χ4n) is 2.73. The van der Waals surface area contributed by atoms with Gasteiger partial charge < -0.3 is 9.84 Å². The zero-order valence-corrected chi connectivity index (χ0v) is 18.5. The molecule has 1 amide bonds. The van der Waals surface area contributed by atoms with Crippen LogP contribution in [-0.2, 0) is 15.6 Å². The summed E-state index contributed by atoms with van der Waals surface area (Å²) in [4.78, 5) is 16.9. The lowest BCUT2D eigenvalue weighted by Gasteiger charge is -2.23. The van der Waals surface area contributed by atoms with E-state index in [9.17, 15) is 13.2 Å². The second-order valence-electron chi connectivity index (χ2n) is 7.20. The molecule has 0 bridgehead atoms. The highest BCUT2D eigenvalue weighted by Gasteiger charge is 2.29. The standard InChI is InChI=1S/C20H21ClN4O4S/c1-13-22-19(24-29-13)20(2,3)23-18(26)14-7-5-10-17(11-14)30(27,28)25(4)16-9-6-8-15(21)12-16/h5-12H,1-4H3,(H,23,26). The van der Waals surface area contributed by atoms with Gasteiger partial charge in [-0.1, -0.05) is 28.9 Å². The number of hydrogen-bond acceptors (Lipinski definition) is 6. The number of hydrogen-bond donors (Lipinski definition) is 1. The minimum atomic E-state index is -3.90. The van der Waals surface area contributed by atoms with Crippen molar-refractivity contribution in [2.75, 3.05) is 11.4 Å². The van der Waals surface area contributed by atoms with Crippen LogP contribution in [0.3, 0.4) is 0 Å². The van der Waals surface area contributed by atoms with E-state index in [2.05, 4.69) is 15.5 Å². The summed E-state index contributed by atoms with van der Waals surface area (Å²) in [6.07, 6.45) is 0. The van der Waals surface area contributed by atoms with Gasteiger partial charge in [0, 0.05) is 24.6 Å². The largest absolute Gasteiger partial charge is 0.340 e. The predicted octanol–water partition coefficient (Wildman–Crippen LogP) is 3.52. The molecule has 8 nitrogen and oxygen atoms in total. The minimum absolute atomic E-state index is 0.0224. The minimum Gasteiger partial charge on any atom is -0.340 e. The summed E-state index contributed by atoms with van der Waals surface area (Å²) in [7, 11) is -2.48. The quantitative estimate of drug-likeness (QED) is 0.618. The van der Waals surface area contributed by atoms with E-state index in [4.69, 9.17) is 16.1 Å². The third-order valence-corrected chi connectivity index (χ3v) is 6.46. The van der Waals surface area contributed by atoms with Crippen LogP contribution in [0.2, 0.25) is 5.02 Å². The molecule has 3 aromatic rings. The van der Waals surface area contributed by atoms with Gasteiger partial charge in [0.2, 0.25) is 5.89 Å². The molecule has 0 aliphatic heterocycles. The van der Waals surface area contributed by atoms with E-state index in [1.54, 1.807) is 45.0 Å². The molecule has 0 aliphatic rings. The summed E-state index contributed by atoms with van der Waals surface area (Å²) in [5.74, 6) is 0.229. The average molecular weight is 449 g/mol. The molecule has 30 heavy (non-hydrogen) atoms. The molecule has 0 saturated carbocycles. The molecule has 1 heterocycles. The van der Waals surface area contributed by atoms with Gasteiger partial charge in [-0.25, -0.2) is 8.42 Å². The summed E-state index contributed by atoms with van der Waals surface area (Å²) >= 11 is 5.97. The van der Waals surface area contributed by atoms with Crippen molar-refractivity contribution in [3.05, 3.63) is 70.8 Å². The van der Waals surface area contributed by atoms with Crippen LogP contribution in [-0.4, -0.2) is 31.5 Å². The van der Waals surface area contributed by atoms with Crippen molar-refractivity contribution in [3.8, 4) is 0 Å². The van der Waals surface area contributed by atoms with Gasteiger partial charge >= 0.3 is 0 Å². The Labute approximate surface area is 179 Å². The molecular formula is C20H21ClN4O4S. The molecule has 3 rings (SSSR count). The number of carbonyl (C=O) groups is 1. The van der Waals surface area contributed by atoms with E-state index in [0.717, 1.165) is 4.31 Å². The predicted molar refractivity (Wildman–Crippen MR) is 113 cm³/mol. The van der Waals surface area contributed by atoms with Crippen LogP contribution in [0.5, 0.6) is 0 Å². The molecule has 0 atom stereocenters. The number of halogens is 1. The first kappa shape index (κ1) is 21.8. The number of rotatable bonds is 6. The zero-order valence-electron chi connectivity index (χ0n) is 16.9. The summed E-state index contributed by atoms with van der Waals surface area (Å²) in [6.45, 7) is 5.10. The maximum Gasteiger partial charge on any atom is 0.264 e. The van der Waals surface area contributed by atoms with Gasteiger partial charge in [0.15, 0.2) is 5.82 Å². The molecule has 0 saturated heterocycles. The molecular weight excluding hydrogens is 428 g/mol. The Balaban J connectivity index is 1.87. The molecule has 158 valence electrons. The van der Waals surface area contributed by atoms with E-state index < -0.39 is 21.5 Å². The fourth-order valence-corrected chi connectivity index (χ4v) is 4.15. The maximum atomic E-state index is 13.0. The first-order chi connectivity index (χ1) is 14.0.